The van der Waals surface area contributed by atoms with E-state index in [1.807, 2.05) is 0 Å². The third kappa shape index (κ3) is 5.45. The topological polar surface area (TPSA) is 17.8 Å². The lowest BCUT2D eigenvalue weighted by Crippen LogP contribution is -2.31. The van der Waals surface area contributed by atoms with Crippen molar-refractivity contribution < 1.29 is 0 Å². The Morgan fingerprint density at radius 3 is 1.64 bits per heavy atom. The van der Waals surface area contributed by atoms with Gasteiger partial charge in [-0.25, -0.2) is 4.98 Å². The number of rotatable bonds is 5. The predicted octanol–water partition coefficient (Wildman–Crippen LogP) is 13.7. The van der Waals surface area contributed by atoms with Gasteiger partial charge in [0.1, 0.15) is 5.82 Å². The van der Waals surface area contributed by atoms with Crippen LogP contribution in [0, 0.1) is 0 Å². The minimum atomic E-state index is 0.933. The van der Waals surface area contributed by atoms with Crippen LogP contribution in [0.1, 0.15) is 12.8 Å². The van der Waals surface area contributed by atoms with Crippen LogP contribution in [0.25, 0.3) is 117 Å². The summed E-state index contributed by atoms with van der Waals surface area (Å²) in [6, 6.07) is 71.0. The summed E-state index contributed by atoms with van der Waals surface area (Å²) < 4.78 is 2.30. The third-order valence-electron chi connectivity index (χ3n) is 12.4. The van der Waals surface area contributed by atoms with E-state index in [1.165, 1.54) is 86.9 Å². The molecule has 10 aromatic carbocycles. The highest BCUT2D eigenvalue weighted by Gasteiger charge is 2.20. The molecule has 0 N–H and O–H groups in total. The SMILES string of the molecule is C1=c2c(-c3cccc4ccccc34)c3ccc(-c4ccc(-c5nc6ccccc6n5-c5ccc6ccccc6c5)cc4)cc3c(-c3cccc4ccccc34)c2=CCC1. The predicted molar refractivity (Wildman–Crippen MR) is 250 cm³/mol. The summed E-state index contributed by atoms with van der Waals surface area (Å²) in [5, 5.41) is 12.7. The smallest absolute Gasteiger partial charge is 0.145 e. The molecule has 1 heterocycles. The Hall–Kier alpha value is -7.55. The van der Waals surface area contributed by atoms with Gasteiger partial charge in [-0.3, -0.25) is 4.57 Å². The summed E-state index contributed by atoms with van der Waals surface area (Å²) in [7, 11) is 0. The number of nitrogens with zero attached hydrogens (tertiary/aromatic N) is 2. The standard InChI is InChI=1S/C57H38N2/c1-2-16-42-35-44(33-31-37(42)13-1)59-54-26-10-9-25-53(54)58-57(59)41-29-27-38(28-30-41)43-32-34-51-52(36-43)56(48-24-12-18-40-15-4-6-20-46(40)48)50-22-8-7-21-49(50)55(51)47-23-11-17-39-14-3-5-19-45(39)47/h1-6,9-36H,7-8H2. The van der Waals surface area contributed by atoms with E-state index in [0.717, 1.165) is 41.0 Å². The van der Waals surface area contributed by atoms with E-state index < -0.39 is 0 Å². The van der Waals surface area contributed by atoms with E-state index in [-0.39, 0.29) is 0 Å². The number of hydrogen-bond donors (Lipinski definition) is 0. The molecule has 1 aromatic heterocycles. The second kappa shape index (κ2) is 13.5. The molecule has 2 nitrogen and oxygen atoms in total. The molecule has 0 aliphatic heterocycles. The van der Waals surface area contributed by atoms with Crippen molar-refractivity contribution in [3.05, 3.63) is 205 Å². The molecule has 12 rings (SSSR count). The minimum absolute atomic E-state index is 0.933. The normalized spacial score (nSPS) is 12.5. The Balaban J connectivity index is 1.07. The van der Waals surface area contributed by atoms with E-state index in [1.54, 1.807) is 0 Å². The van der Waals surface area contributed by atoms with Crippen molar-refractivity contribution in [2.24, 2.45) is 0 Å². The molecule has 0 amide bonds. The van der Waals surface area contributed by atoms with E-state index in [2.05, 4.69) is 211 Å². The maximum atomic E-state index is 5.21. The van der Waals surface area contributed by atoms with Gasteiger partial charge in [0.15, 0.2) is 0 Å². The fourth-order valence-electron chi connectivity index (χ4n) is 9.66. The molecule has 0 bridgehead atoms. The number of benzene rings is 10. The molecule has 1 aliphatic rings. The highest BCUT2D eigenvalue weighted by Crippen LogP contribution is 2.40. The van der Waals surface area contributed by atoms with Gasteiger partial charge in [0, 0.05) is 11.3 Å². The summed E-state index contributed by atoms with van der Waals surface area (Å²) >= 11 is 0. The first-order chi connectivity index (χ1) is 29.3. The van der Waals surface area contributed by atoms with Gasteiger partial charge in [-0.1, -0.05) is 176 Å². The van der Waals surface area contributed by atoms with Crippen molar-refractivity contribution >= 4 is 66.3 Å². The van der Waals surface area contributed by atoms with Crippen LogP contribution in [0.5, 0.6) is 0 Å². The molecule has 0 atom stereocenters. The molecule has 2 heteroatoms. The highest BCUT2D eigenvalue weighted by molar-refractivity contribution is 6.14. The maximum absolute atomic E-state index is 5.21. The van der Waals surface area contributed by atoms with Crippen LogP contribution in [0.3, 0.4) is 0 Å². The van der Waals surface area contributed by atoms with Gasteiger partial charge in [0.2, 0.25) is 0 Å². The summed E-state index contributed by atoms with van der Waals surface area (Å²) in [6.07, 6.45) is 7.03. The van der Waals surface area contributed by atoms with E-state index in [9.17, 15) is 0 Å². The van der Waals surface area contributed by atoms with Crippen molar-refractivity contribution in [2.45, 2.75) is 12.8 Å². The molecule has 11 aromatic rings. The molecule has 276 valence electrons. The van der Waals surface area contributed by atoms with Crippen LogP contribution in [0.2, 0.25) is 0 Å². The number of imidazole rings is 1. The lowest BCUT2D eigenvalue weighted by molar-refractivity contribution is 1.11. The molecule has 0 fully saturated rings. The van der Waals surface area contributed by atoms with Gasteiger partial charge in [0.05, 0.1) is 11.0 Å². The molecule has 0 spiro atoms. The Labute approximate surface area is 342 Å². The summed E-state index contributed by atoms with van der Waals surface area (Å²) in [5.41, 5.74) is 11.8. The van der Waals surface area contributed by atoms with Crippen molar-refractivity contribution in [3.8, 4) is 50.5 Å². The zero-order chi connectivity index (χ0) is 38.9. The van der Waals surface area contributed by atoms with Crippen LogP contribution < -0.4 is 10.4 Å². The number of aromatic nitrogens is 2. The largest absolute Gasteiger partial charge is 0.292 e. The monoisotopic (exact) mass is 750 g/mol. The van der Waals surface area contributed by atoms with Gasteiger partial charge >= 0.3 is 0 Å². The Kier molecular flexibility index (Phi) is 7.71. The third-order valence-corrected chi connectivity index (χ3v) is 12.4. The lowest BCUT2D eigenvalue weighted by atomic mass is 9.83. The molecule has 0 saturated heterocycles. The Morgan fingerprint density at radius 2 is 0.932 bits per heavy atom. The zero-order valence-corrected chi connectivity index (χ0v) is 32.4. The molecular weight excluding hydrogens is 713 g/mol. The van der Waals surface area contributed by atoms with Crippen LogP contribution in [0.4, 0.5) is 0 Å². The molecule has 59 heavy (non-hydrogen) atoms. The van der Waals surface area contributed by atoms with Crippen molar-refractivity contribution in [2.75, 3.05) is 0 Å². The molecule has 0 saturated carbocycles. The molecule has 0 unspecified atom stereocenters. The molecule has 1 aliphatic carbocycles. The van der Waals surface area contributed by atoms with E-state index in [4.69, 9.17) is 4.98 Å². The van der Waals surface area contributed by atoms with Crippen LogP contribution >= 0.6 is 0 Å². The average Bonchev–Trinajstić information content (AvgIpc) is 3.70. The number of para-hydroxylation sites is 2. The van der Waals surface area contributed by atoms with Crippen molar-refractivity contribution in [3.63, 3.8) is 0 Å². The lowest BCUT2D eigenvalue weighted by Gasteiger charge is -2.20. The van der Waals surface area contributed by atoms with E-state index >= 15 is 0 Å². The van der Waals surface area contributed by atoms with Gasteiger partial charge in [-0.15, -0.1) is 0 Å². The number of hydrogen-bond acceptors (Lipinski definition) is 1. The van der Waals surface area contributed by atoms with Crippen LogP contribution in [-0.2, 0) is 0 Å². The van der Waals surface area contributed by atoms with Crippen molar-refractivity contribution in [1.82, 2.24) is 9.55 Å². The van der Waals surface area contributed by atoms with Crippen LogP contribution in [-0.4, -0.2) is 9.55 Å². The molecule has 0 radical (unpaired) electrons. The van der Waals surface area contributed by atoms with E-state index in [0.29, 0.717) is 0 Å². The summed E-state index contributed by atoms with van der Waals surface area (Å²) in [6.45, 7) is 0. The first-order valence-corrected chi connectivity index (χ1v) is 20.6. The van der Waals surface area contributed by atoms with Crippen molar-refractivity contribution in [1.29, 1.82) is 0 Å². The highest BCUT2D eigenvalue weighted by atomic mass is 15.1. The first kappa shape index (κ1) is 33.6. The average molecular weight is 751 g/mol. The van der Waals surface area contributed by atoms with Gasteiger partial charge in [-0.05, 0) is 130 Å². The van der Waals surface area contributed by atoms with Crippen LogP contribution in [0.15, 0.2) is 194 Å². The maximum Gasteiger partial charge on any atom is 0.145 e. The minimum Gasteiger partial charge on any atom is -0.292 e. The molecular formula is C57H38N2. The fourth-order valence-corrected chi connectivity index (χ4v) is 9.66. The summed E-state index contributed by atoms with van der Waals surface area (Å²) in [4.78, 5) is 5.21. The fraction of sp³-hybridized carbons (Fsp3) is 0.0351. The quantitative estimate of drug-likeness (QED) is 0.171. The number of fused-ring (bicyclic) bond motifs is 6. The Bertz CT molecular complexity index is 3600. The second-order valence-electron chi connectivity index (χ2n) is 15.7. The summed E-state index contributed by atoms with van der Waals surface area (Å²) in [5.74, 6) is 0.933. The first-order valence-electron chi connectivity index (χ1n) is 20.6. The zero-order valence-electron chi connectivity index (χ0n) is 32.4. The Morgan fingerprint density at radius 1 is 0.373 bits per heavy atom. The van der Waals surface area contributed by atoms with Gasteiger partial charge in [0.25, 0.3) is 0 Å². The van der Waals surface area contributed by atoms with Gasteiger partial charge in [-0.2, -0.15) is 0 Å². The van der Waals surface area contributed by atoms with Gasteiger partial charge < -0.3 is 0 Å². The second-order valence-corrected chi connectivity index (χ2v) is 15.7.